The maximum Gasteiger partial charge on any atom is 0.335 e. The lowest BCUT2D eigenvalue weighted by molar-refractivity contribution is 0.0696. The third-order valence-electron chi connectivity index (χ3n) is 7.65. The number of aromatic carboxylic acids is 1. The van der Waals surface area contributed by atoms with E-state index in [0.29, 0.717) is 24.3 Å². The van der Waals surface area contributed by atoms with Crippen molar-refractivity contribution >= 4 is 17.1 Å². The molecule has 0 radical (unpaired) electrons. The van der Waals surface area contributed by atoms with Gasteiger partial charge in [0.1, 0.15) is 5.82 Å². The molecule has 5 heteroatoms. The van der Waals surface area contributed by atoms with E-state index in [0.717, 1.165) is 72.3 Å². The van der Waals surface area contributed by atoms with Crippen LogP contribution in [0.1, 0.15) is 63.0 Å². The van der Waals surface area contributed by atoms with Crippen molar-refractivity contribution in [2.24, 2.45) is 5.92 Å². The molecule has 0 spiro atoms. The molecule has 0 atom stereocenters. The van der Waals surface area contributed by atoms with Gasteiger partial charge < -0.3 is 10.0 Å². The summed E-state index contributed by atoms with van der Waals surface area (Å²) >= 11 is 0. The maximum atomic E-state index is 15.1. The van der Waals surface area contributed by atoms with E-state index in [1.54, 1.807) is 18.2 Å². The standard InChI is InChI=1S/C32H33F2NO2/c1-21-6-13-30(34)29(16-21)28-5-2-4-25-18-26(32(36)37)11-12-27(25)31(28)24-9-7-22(8-10-24)17-23-19-35(20-23)15-3-14-33/h6-13,16,18,23H,2-5,14-15,17,19-20H2,1H3,(H,36,37). The molecular weight excluding hydrogens is 468 g/mol. The molecule has 0 aromatic heterocycles. The number of hydrogen-bond acceptors (Lipinski definition) is 2. The van der Waals surface area contributed by atoms with E-state index in [4.69, 9.17) is 0 Å². The van der Waals surface area contributed by atoms with Crippen molar-refractivity contribution in [3.63, 3.8) is 0 Å². The lowest BCUT2D eigenvalue weighted by atomic mass is 9.85. The molecule has 37 heavy (non-hydrogen) atoms. The van der Waals surface area contributed by atoms with Gasteiger partial charge in [0.2, 0.25) is 0 Å². The normalized spacial score (nSPS) is 16.3. The fraction of sp³-hybridized carbons (Fsp3) is 0.344. The van der Waals surface area contributed by atoms with Gasteiger partial charge in [-0.05, 0) is 103 Å². The predicted octanol–water partition coefficient (Wildman–Crippen LogP) is 6.96. The van der Waals surface area contributed by atoms with Crippen molar-refractivity contribution < 1.29 is 18.7 Å². The molecule has 1 heterocycles. The highest BCUT2D eigenvalue weighted by Gasteiger charge is 2.27. The topological polar surface area (TPSA) is 40.5 Å². The van der Waals surface area contributed by atoms with Gasteiger partial charge in [-0.25, -0.2) is 9.18 Å². The fourth-order valence-corrected chi connectivity index (χ4v) is 5.80. The molecule has 3 aromatic carbocycles. The SMILES string of the molecule is Cc1ccc(F)c(C2=C(c3ccc(CC4CN(CCCF)C4)cc3)c3ccc(C(=O)O)cc3CCC2)c1. The number of alkyl halides is 1. The average Bonchev–Trinajstić information content (AvgIpc) is 3.06. The Bertz CT molecular complexity index is 1320. The third kappa shape index (κ3) is 5.52. The van der Waals surface area contributed by atoms with Crippen LogP contribution in [0.5, 0.6) is 0 Å². The van der Waals surface area contributed by atoms with Crippen molar-refractivity contribution in [2.45, 2.75) is 39.0 Å². The molecule has 1 N–H and O–H groups in total. The van der Waals surface area contributed by atoms with Gasteiger partial charge in [-0.2, -0.15) is 0 Å². The number of nitrogens with zero attached hydrogens (tertiary/aromatic N) is 1. The summed E-state index contributed by atoms with van der Waals surface area (Å²) in [5, 5.41) is 9.54. The molecule has 1 saturated heterocycles. The Morgan fingerprint density at radius 2 is 1.78 bits per heavy atom. The van der Waals surface area contributed by atoms with E-state index in [-0.39, 0.29) is 18.1 Å². The molecule has 192 valence electrons. The largest absolute Gasteiger partial charge is 0.478 e. The number of aryl methyl sites for hydroxylation is 2. The molecule has 2 aliphatic rings. The first kappa shape index (κ1) is 25.3. The second kappa shape index (κ2) is 11.0. The highest BCUT2D eigenvalue weighted by atomic mass is 19.1. The third-order valence-corrected chi connectivity index (χ3v) is 7.65. The number of likely N-dealkylation sites (tertiary alicyclic amines) is 1. The zero-order chi connectivity index (χ0) is 25.9. The van der Waals surface area contributed by atoms with E-state index in [2.05, 4.69) is 29.2 Å². The van der Waals surface area contributed by atoms with E-state index in [1.165, 1.54) is 11.6 Å². The van der Waals surface area contributed by atoms with E-state index >= 15 is 4.39 Å². The van der Waals surface area contributed by atoms with Crippen molar-refractivity contribution in [2.75, 3.05) is 26.3 Å². The van der Waals surface area contributed by atoms with Crippen molar-refractivity contribution in [3.8, 4) is 0 Å². The van der Waals surface area contributed by atoms with Crippen LogP contribution in [-0.4, -0.2) is 42.3 Å². The number of halogens is 2. The first-order chi connectivity index (χ1) is 17.9. The molecular formula is C32H33F2NO2. The summed E-state index contributed by atoms with van der Waals surface area (Å²) in [7, 11) is 0. The Labute approximate surface area is 217 Å². The molecule has 1 aliphatic heterocycles. The first-order valence-electron chi connectivity index (χ1n) is 13.2. The van der Waals surface area contributed by atoms with Gasteiger partial charge in [0.25, 0.3) is 0 Å². The molecule has 0 bridgehead atoms. The number of rotatable bonds is 8. The second-order valence-corrected chi connectivity index (χ2v) is 10.4. The number of allylic oxidation sites excluding steroid dienone is 1. The van der Waals surface area contributed by atoms with Crippen molar-refractivity contribution in [1.29, 1.82) is 0 Å². The van der Waals surface area contributed by atoms with Crippen LogP contribution in [-0.2, 0) is 12.8 Å². The van der Waals surface area contributed by atoms with Gasteiger partial charge in [0.05, 0.1) is 12.2 Å². The van der Waals surface area contributed by atoms with Crippen LogP contribution in [0, 0.1) is 18.7 Å². The van der Waals surface area contributed by atoms with Crippen LogP contribution in [0.2, 0.25) is 0 Å². The number of hydrogen-bond donors (Lipinski definition) is 1. The summed E-state index contributed by atoms with van der Waals surface area (Å²) in [6.07, 6.45) is 3.88. The zero-order valence-electron chi connectivity index (χ0n) is 21.3. The highest BCUT2D eigenvalue weighted by molar-refractivity contribution is 6.00. The van der Waals surface area contributed by atoms with Gasteiger partial charge in [0, 0.05) is 25.2 Å². The monoisotopic (exact) mass is 501 g/mol. The molecule has 5 rings (SSSR count). The minimum absolute atomic E-state index is 0.234. The average molecular weight is 502 g/mol. The fourth-order valence-electron chi connectivity index (χ4n) is 5.80. The quantitative estimate of drug-likeness (QED) is 0.363. The molecule has 3 nitrogen and oxygen atoms in total. The Morgan fingerprint density at radius 3 is 2.51 bits per heavy atom. The summed E-state index contributed by atoms with van der Waals surface area (Å²) in [6, 6.07) is 19.1. The lowest BCUT2D eigenvalue weighted by Gasteiger charge is -2.39. The maximum absolute atomic E-state index is 15.1. The summed E-state index contributed by atoms with van der Waals surface area (Å²) in [4.78, 5) is 13.9. The van der Waals surface area contributed by atoms with Crippen LogP contribution < -0.4 is 0 Å². The molecule has 3 aromatic rings. The number of carbonyl (C=O) groups is 1. The Hall–Kier alpha value is -3.31. The second-order valence-electron chi connectivity index (χ2n) is 10.4. The number of fused-ring (bicyclic) bond motifs is 1. The minimum atomic E-state index is -0.939. The van der Waals surface area contributed by atoms with Gasteiger partial charge >= 0.3 is 5.97 Å². The predicted molar refractivity (Wildman–Crippen MR) is 144 cm³/mol. The van der Waals surface area contributed by atoms with Crippen LogP contribution in [0.25, 0.3) is 11.1 Å². The molecule has 0 amide bonds. The Balaban J connectivity index is 1.51. The zero-order valence-corrected chi connectivity index (χ0v) is 21.3. The smallest absolute Gasteiger partial charge is 0.335 e. The number of carboxylic acid groups (broad SMARTS) is 1. The first-order valence-corrected chi connectivity index (χ1v) is 13.2. The van der Waals surface area contributed by atoms with Crippen molar-refractivity contribution in [1.82, 2.24) is 4.90 Å². The van der Waals surface area contributed by atoms with Crippen molar-refractivity contribution in [3.05, 3.63) is 105 Å². The van der Waals surface area contributed by atoms with Gasteiger partial charge in [0.15, 0.2) is 0 Å². The van der Waals surface area contributed by atoms with Crippen LogP contribution in [0.15, 0.2) is 60.7 Å². The van der Waals surface area contributed by atoms with Crippen LogP contribution in [0.3, 0.4) is 0 Å². The molecule has 1 aliphatic carbocycles. The number of benzene rings is 3. The summed E-state index contributed by atoms with van der Waals surface area (Å²) < 4.78 is 27.6. The van der Waals surface area contributed by atoms with Gasteiger partial charge in [-0.1, -0.05) is 42.0 Å². The number of carboxylic acids is 1. The van der Waals surface area contributed by atoms with E-state index in [1.807, 2.05) is 19.1 Å². The van der Waals surface area contributed by atoms with Crippen LogP contribution in [0.4, 0.5) is 8.78 Å². The Kier molecular flexibility index (Phi) is 7.52. The molecule has 0 saturated carbocycles. The van der Waals surface area contributed by atoms with Crippen LogP contribution >= 0.6 is 0 Å². The Morgan fingerprint density at radius 1 is 1.00 bits per heavy atom. The van der Waals surface area contributed by atoms with Gasteiger partial charge in [-0.15, -0.1) is 0 Å². The summed E-state index contributed by atoms with van der Waals surface area (Å²) in [5.74, 6) is -0.580. The summed E-state index contributed by atoms with van der Waals surface area (Å²) in [5.41, 5.74) is 8.11. The molecule has 1 fully saturated rings. The van der Waals surface area contributed by atoms with Gasteiger partial charge in [-0.3, -0.25) is 4.39 Å². The highest BCUT2D eigenvalue weighted by Crippen LogP contribution is 2.41. The molecule has 0 unspecified atom stereocenters. The summed E-state index contributed by atoms with van der Waals surface area (Å²) in [6.45, 7) is 4.59. The van der Waals surface area contributed by atoms with E-state index < -0.39 is 5.97 Å². The minimum Gasteiger partial charge on any atom is -0.478 e. The van der Waals surface area contributed by atoms with E-state index in [9.17, 15) is 14.3 Å². The lowest BCUT2D eigenvalue weighted by Crippen LogP contribution is -2.47.